The van der Waals surface area contributed by atoms with Crippen molar-refractivity contribution in [2.24, 2.45) is 0 Å². The van der Waals surface area contributed by atoms with Crippen molar-refractivity contribution in [3.05, 3.63) is 57.6 Å². The van der Waals surface area contributed by atoms with Crippen LogP contribution in [0, 0.1) is 0 Å². The number of carbonyl (C=O) groups excluding carboxylic acids is 1. The van der Waals surface area contributed by atoms with E-state index in [0.29, 0.717) is 24.0 Å². The van der Waals surface area contributed by atoms with Crippen molar-refractivity contribution in [2.45, 2.75) is 56.1 Å². The highest BCUT2D eigenvalue weighted by Gasteiger charge is 2.24. The van der Waals surface area contributed by atoms with Gasteiger partial charge in [-0.25, -0.2) is 4.98 Å². The lowest BCUT2D eigenvalue weighted by Crippen LogP contribution is -2.31. The van der Waals surface area contributed by atoms with Crippen LogP contribution in [-0.2, 0) is 30.7 Å². The third-order valence-corrected chi connectivity index (χ3v) is 7.30. The van der Waals surface area contributed by atoms with Crippen LogP contribution in [-0.4, -0.2) is 20.7 Å². The highest BCUT2D eigenvalue weighted by molar-refractivity contribution is 8.00. The summed E-state index contributed by atoms with van der Waals surface area (Å²) >= 11 is 2.92. The molecular weight excluding hydrogens is 406 g/mol. The second-order valence-corrected chi connectivity index (χ2v) is 9.44. The molecule has 0 radical (unpaired) electrons. The zero-order valence-electron chi connectivity index (χ0n) is 16.3. The van der Waals surface area contributed by atoms with Crippen LogP contribution >= 0.6 is 23.1 Å². The Morgan fingerprint density at radius 3 is 3.07 bits per heavy atom. The fourth-order valence-electron chi connectivity index (χ4n) is 3.54. The van der Waals surface area contributed by atoms with E-state index in [9.17, 15) is 9.59 Å². The Morgan fingerprint density at radius 1 is 1.48 bits per heavy atom. The van der Waals surface area contributed by atoms with Crippen molar-refractivity contribution in [3.63, 3.8) is 0 Å². The van der Waals surface area contributed by atoms with Crippen molar-refractivity contribution >= 4 is 39.2 Å². The summed E-state index contributed by atoms with van der Waals surface area (Å²) in [7, 11) is 0. The molecule has 29 heavy (non-hydrogen) atoms. The Morgan fingerprint density at radius 2 is 2.31 bits per heavy atom. The topological polar surface area (TPSA) is 77.1 Å². The van der Waals surface area contributed by atoms with Crippen LogP contribution in [0.3, 0.4) is 0 Å². The van der Waals surface area contributed by atoms with Crippen LogP contribution in [0.4, 0.5) is 0 Å². The molecule has 0 bridgehead atoms. The van der Waals surface area contributed by atoms with Gasteiger partial charge in [0.2, 0.25) is 5.91 Å². The number of thiophene rings is 1. The van der Waals surface area contributed by atoms with Gasteiger partial charge in [-0.1, -0.05) is 17.8 Å². The predicted molar refractivity (Wildman–Crippen MR) is 117 cm³/mol. The molecule has 1 aliphatic rings. The quantitative estimate of drug-likeness (QED) is 0.350. The standard InChI is InChI=1S/C21H23N3O3S2/c1-3-10-24-20(26)17-15-8-4-5-9-16(15)29-19(17)23-21(24)28-13(2)18(25)22-12-14-7-6-11-27-14/h3,6-7,11,13H,1,4-5,8-10,12H2,2H3,(H,22,25). The first-order chi connectivity index (χ1) is 14.1. The van der Waals surface area contributed by atoms with E-state index in [0.717, 1.165) is 35.9 Å². The zero-order valence-corrected chi connectivity index (χ0v) is 17.9. The van der Waals surface area contributed by atoms with Gasteiger partial charge in [0.05, 0.1) is 23.4 Å². The number of aromatic nitrogens is 2. The molecule has 1 N–H and O–H groups in total. The lowest BCUT2D eigenvalue weighted by atomic mass is 9.97. The maximum Gasteiger partial charge on any atom is 0.263 e. The molecular formula is C21H23N3O3S2. The summed E-state index contributed by atoms with van der Waals surface area (Å²) < 4.78 is 6.88. The van der Waals surface area contributed by atoms with Crippen molar-refractivity contribution < 1.29 is 9.21 Å². The molecule has 1 unspecified atom stereocenters. The second-order valence-electron chi connectivity index (χ2n) is 7.05. The maximum absolute atomic E-state index is 13.3. The number of allylic oxidation sites excluding steroid dienone is 1. The molecule has 3 aromatic rings. The van der Waals surface area contributed by atoms with Crippen molar-refractivity contribution in [2.75, 3.05) is 0 Å². The second kappa shape index (κ2) is 8.59. The first kappa shape index (κ1) is 20.0. The largest absolute Gasteiger partial charge is 0.467 e. The Bertz CT molecular complexity index is 1100. The molecule has 0 fully saturated rings. The number of furan rings is 1. The normalized spacial score (nSPS) is 14.5. The fourth-order valence-corrected chi connectivity index (χ4v) is 5.79. The summed E-state index contributed by atoms with van der Waals surface area (Å²) in [5.74, 6) is 0.569. The number of thioether (sulfide) groups is 1. The Kier molecular flexibility index (Phi) is 5.91. The van der Waals surface area contributed by atoms with E-state index in [2.05, 4.69) is 11.9 Å². The lowest BCUT2D eigenvalue weighted by molar-refractivity contribution is -0.120. The summed E-state index contributed by atoms with van der Waals surface area (Å²) in [4.78, 5) is 32.6. The Balaban J connectivity index is 1.61. The maximum atomic E-state index is 13.3. The first-order valence-electron chi connectivity index (χ1n) is 9.71. The minimum atomic E-state index is -0.403. The predicted octanol–water partition coefficient (Wildman–Crippen LogP) is 3.91. The summed E-state index contributed by atoms with van der Waals surface area (Å²) in [6, 6.07) is 3.60. The van der Waals surface area contributed by atoms with Crippen LogP contribution in [0.2, 0.25) is 0 Å². The molecule has 1 amide bonds. The lowest BCUT2D eigenvalue weighted by Gasteiger charge is -2.15. The Hall–Kier alpha value is -2.32. The number of hydrogen-bond donors (Lipinski definition) is 1. The van der Waals surface area contributed by atoms with E-state index in [1.165, 1.54) is 22.2 Å². The molecule has 0 spiro atoms. The molecule has 1 atom stereocenters. The number of fused-ring (bicyclic) bond motifs is 3. The van der Waals surface area contributed by atoms with Gasteiger partial charge in [0.25, 0.3) is 5.56 Å². The van der Waals surface area contributed by atoms with Crippen LogP contribution < -0.4 is 10.9 Å². The van der Waals surface area contributed by atoms with E-state index >= 15 is 0 Å². The number of hydrogen-bond acceptors (Lipinski definition) is 6. The summed E-state index contributed by atoms with van der Waals surface area (Å²) in [6.45, 7) is 6.30. The van der Waals surface area contributed by atoms with Crippen LogP contribution in [0.1, 0.15) is 36.0 Å². The average Bonchev–Trinajstić information content (AvgIpc) is 3.36. The van der Waals surface area contributed by atoms with Gasteiger partial charge in [0, 0.05) is 11.4 Å². The van der Waals surface area contributed by atoms with Gasteiger partial charge in [0.15, 0.2) is 5.16 Å². The number of carbonyl (C=O) groups is 1. The molecule has 6 nitrogen and oxygen atoms in total. The van der Waals surface area contributed by atoms with Crippen molar-refractivity contribution in [3.8, 4) is 0 Å². The molecule has 3 heterocycles. The fraction of sp³-hybridized carbons (Fsp3) is 0.381. The van der Waals surface area contributed by atoms with Gasteiger partial charge >= 0.3 is 0 Å². The van der Waals surface area contributed by atoms with E-state index in [4.69, 9.17) is 9.40 Å². The smallest absolute Gasteiger partial charge is 0.263 e. The average molecular weight is 430 g/mol. The van der Waals surface area contributed by atoms with Crippen LogP contribution in [0.15, 0.2) is 45.4 Å². The molecule has 1 aliphatic carbocycles. The van der Waals surface area contributed by atoms with Crippen molar-refractivity contribution in [1.82, 2.24) is 14.9 Å². The summed E-state index contributed by atoms with van der Waals surface area (Å²) in [5, 5.41) is 3.77. The Labute approximate surface area is 177 Å². The van der Waals surface area contributed by atoms with Gasteiger partial charge in [-0.15, -0.1) is 17.9 Å². The first-order valence-corrected chi connectivity index (χ1v) is 11.4. The van der Waals surface area contributed by atoms with Gasteiger partial charge in [0.1, 0.15) is 10.6 Å². The third-order valence-electron chi connectivity index (χ3n) is 5.02. The SMILES string of the molecule is C=CCn1c(SC(C)C(=O)NCc2ccco2)nc2sc3c(c2c1=O)CCCC3. The van der Waals surface area contributed by atoms with Gasteiger partial charge in [-0.3, -0.25) is 14.2 Å². The van der Waals surface area contributed by atoms with Crippen LogP contribution in [0.25, 0.3) is 10.2 Å². The van der Waals surface area contributed by atoms with Crippen molar-refractivity contribution in [1.29, 1.82) is 0 Å². The van der Waals surface area contributed by atoms with E-state index < -0.39 is 5.25 Å². The van der Waals surface area contributed by atoms with Gasteiger partial charge < -0.3 is 9.73 Å². The van der Waals surface area contributed by atoms with Gasteiger partial charge in [-0.05, 0) is 50.3 Å². The molecule has 4 rings (SSSR count). The molecule has 0 aliphatic heterocycles. The molecule has 0 saturated heterocycles. The zero-order chi connectivity index (χ0) is 20.4. The number of nitrogens with one attached hydrogen (secondary N) is 1. The monoisotopic (exact) mass is 429 g/mol. The molecule has 0 saturated carbocycles. The number of amides is 1. The third kappa shape index (κ3) is 4.04. The highest BCUT2D eigenvalue weighted by Crippen LogP contribution is 2.35. The van der Waals surface area contributed by atoms with Crippen LogP contribution in [0.5, 0.6) is 0 Å². The number of nitrogens with zero attached hydrogens (tertiary/aromatic N) is 2. The molecule has 152 valence electrons. The van der Waals surface area contributed by atoms with E-state index in [1.54, 1.807) is 34.3 Å². The summed E-state index contributed by atoms with van der Waals surface area (Å²) in [5.41, 5.74) is 1.15. The van der Waals surface area contributed by atoms with E-state index in [-0.39, 0.29) is 11.5 Å². The molecule has 0 aromatic carbocycles. The number of rotatable bonds is 7. The summed E-state index contributed by atoms with van der Waals surface area (Å²) in [6.07, 6.45) is 7.51. The van der Waals surface area contributed by atoms with Gasteiger partial charge in [-0.2, -0.15) is 0 Å². The highest BCUT2D eigenvalue weighted by atomic mass is 32.2. The van der Waals surface area contributed by atoms with E-state index in [1.807, 2.05) is 13.0 Å². The minimum absolute atomic E-state index is 0.0278. The number of aryl methyl sites for hydroxylation is 2. The minimum Gasteiger partial charge on any atom is -0.467 e. The molecule has 3 aromatic heterocycles. The molecule has 8 heteroatoms.